The van der Waals surface area contributed by atoms with Crippen LogP contribution < -0.4 is 5.32 Å². The summed E-state index contributed by atoms with van der Waals surface area (Å²) in [5.41, 5.74) is -0.681. The number of aliphatic hydroxyl groups excluding tert-OH is 1. The molecule has 1 rings (SSSR count). The first-order valence-electron chi connectivity index (χ1n) is 7.97. The summed E-state index contributed by atoms with van der Waals surface area (Å²) in [7, 11) is 0. The summed E-state index contributed by atoms with van der Waals surface area (Å²) < 4.78 is 0. The highest BCUT2D eigenvalue weighted by atomic mass is 16.4. The van der Waals surface area contributed by atoms with Crippen LogP contribution in [0.25, 0.3) is 0 Å². The topological polar surface area (TPSA) is 86.6 Å². The van der Waals surface area contributed by atoms with E-state index in [4.69, 9.17) is 0 Å². The lowest BCUT2D eigenvalue weighted by molar-refractivity contribution is -0.150. The van der Waals surface area contributed by atoms with Gasteiger partial charge < -0.3 is 15.5 Å². The molecule has 0 heterocycles. The first kappa shape index (κ1) is 18.0. The van der Waals surface area contributed by atoms with Gasteiger partial charge in [-0.15, -0.1) is 0 Å². The third kappa shape index (κ3) is 4.43. The van der Waals surface area contributed by atoms with E-state index in [1.807, 2.05) is 13.8 Å². The lowest BCUT2D eigenvalue weighted by atomic mass is 9.71. The summed E-state index contributed by atoms with van der Waals surface area (Å²) >= 11 is 0. The molecule has 0 bridgehead atoms. The third-order valence-corrected chi connectivity index (χ3v) is 5.08. The summed E-state index contributed by atoms with van der Waals surface area (Å²) in [6.07, 6.45) is 4.61. The molecule has 1 fully saturated rings. The van der Waals surface area contributed by atoms with E-state index in [0.717, 1.165) is 19.3 Å². The van der Waals surface area contributed by atoms with Gasteiger partial charge in [0, 0.05) is 19.6 Å². The van der Waals surface area contributed by atoms with Crippen molar-refractivity contribution in [2.75, 3.05) is 6.61 Å². The van der Waals surface area contributed by atoms with Crippen molar-refractivity contribution >= 4 is 11.9 Å². The molecule has 1 aliphatic carbocycles. The van der Waals surface area contributed by atoms with E-state index in [1.54, 1.807) is 0 Å². The minimum Gasteiger partial charge on any atom is -0.481 e. The van der Waals surface area contributed by atoms with E-state index >= 15 is 0 Å². The Morgan fingerprint density at radius 2 is 1.86 bits per heavy atom. The molecule has 0 saturated heterocycles. The number of carbonyl (C=O) groups excluding carboxylic acids is 1. The van der Waals surface area contributed by atoms with Gasteiger partial charge in [0.05, 0.1) is 5.41 Å². The van der Waals surface area contributed by atoms with Crippen molar-refractivity contribution in [1.29, 1.82) is 0 Å². The van der Waals surface area contributed by atoms with Gasteiger partial charge in [0.2, 0.25) is 5.91 Å². The Balaban J connectivity index is 2.94. The van der Waals surface area contributed by atoms with Crippen LogP contribution in [0.3, 0.4) is 0 Å². The van der Waals surface area contributed by atoms with Crippen molar-refractivity contribution in [2.45, 2.75) is 65.3 Å². The SMILES string of the molecule is CCC(CO)C(CC1(C(=O)O)CCCC1)C(C)NC(C)=O. The number of nitrogens with one attached hydrogen (secondary N) is 1. The van der Waals surface area contributed by atoms with Gasteiger partial charge in [0.1, 0.15) is 0 Å². The average Bonchev–Trinajstić information content (AvgIpc) is 2.88. The molecular weight excluding hydrogens is 270 g/mol. The van der Waals surface area contributed by atoms with E-state index in [1.165, 1.54) is 6.92 Å². The molecule has 1 aliphatic rings. The second-order valence-corrected chi connectivity index (χ2v) is 6.50. The van der Waals surface area contributed by atoms with Gasteiger partial charge in [-0.2, -0.15) is 0 Å². The molecule has 0 aliphatic heterocycles. The van der Waals surface area contributed by atoms with Gasteiger partial charge >= 0.3 is 5.97 Å². The van der Waals surface area contributed by atoms with E-state index < -0.39 is 11.4 Å². The highest BCUT2D eigenvalue weighted by molar-refractivity contribution is 5.75. The Morgan fingerprint density at radius 3 is 2.24 bits per heavy atom. The van der Waals surface area contributed by atoms with Crippen molar-refractivity contribution in [3.8, 4) is 0 Å². The third-order valence-electron chi connectivity index (χ3n) is 5.08. The molecule has 0 spiro atoms. The maximum Gasteiger partial charge on any atom is 0.309 e. The van der Waals surface area contributed by atoms with Crippen molar-refractivity contribution in [1.82, 2.24) is 5.32 Å². The number of rotatable bonds is 8. The number of carbonyl (C=O) groups is 2. The number of amides is 1. The Kier molecular flexibility index (Phi) is 6.65. The number of carboxylic acids is 1. The molecule has 122 valence electrons. The van der Waals surface area contributed by atoms with E-state index in [2.05, 4.69) is 5.32 Å². The smallest absolute Gasteiger partial charge is 0.309 e. The van der Waals surface area contributed by atoms with E-state index in [-0.39, 0.29) is 30.4 Å². The molecule has 3 unspecified atom stereocenters. The first-order valence-corrected chi connectivity index (χ1v) is 7.97. The van der Waals surface area contributed by atoms with Crippen LogP contribution in [-0.4, -0.2) is 34.7 Å². The Hall–Kier alpha value is -1.10. The molecule has 5 heteroatoms. The largest absolute Gasteiger partial charge is 0.481 e. The lowest BCUT2D eigenvalue weighted by Crippen LogP contribution is -2.44. The van der Waals surface area contributed by atoms with Crippen LogP contribution >= 0.6 is 0 Å². The van der Waals surface area contributed by atoms with E-state index in [9.17, 15) is 19.8 Å². The van der Waals surface area contributed by atoms with Crippen LogP contribution in [0, 0.1) is 17.3 Å². The Bertz CT molecular complexity index is 359. The van der Waals surface area contributed by atoms with Crippen LogP contribution in [0.15, 0.2) is 0 Å². The van der Waals surface area contributed by atoms with Gasteiger partial charge in [-0.25, -0.2) is 0 Å². The maximum absolute atomic E-state index is 11.8. The lowest BCUT2D eigenvalue weighted by Gasteiger charge is -2.36. The fraction of sp³-hybridized carbons (Fsp3) is 0.875. The zero-order chi connectivity index (χ0) is 16.0. The van der Waals surface area contributed by atoms with Crippen molar-refractivity contribution in [2.24, 2.45) is 17.3 Å². The Morgan fingerprint density at radius 1 is 1.29 bits per heavy atom. The number of aliphatic hydroxyl groups is 1. The van der Waals surface area contributed by atoms with Crippen molar-refractivity contribution in [3.63, 3.8) is 0 Å². The van der Waals surface area contributed by atoms with Gasteiger partial charge in [-0.05, 0) is 38.0 Å². The summed E-state index contributed by atoms with van der Waals surface area (Å²) in [5, 5.41) is 22.1. The van der Waals surface area contributed by atoms with Crippen LogP contribution in [0.2, 0.25) is 0 Å². The van der Waals surface area contributed by atoms with Gasteiger partial charge in [-0.3, -0.25) is 9.59 Å². The zero-order valence-electron chi connectivity index (χ0n) is 13.4. The summed E-state index contributed by atoms with van der Waals surface area (Å²) in [6, 6.07) is -0.128. The standard InChI is InChI=1S/C16H29NO4/c1-4-13(10-18)14(11(2)17-12(3)19)9-16(15(20)21)7-5-6-8-16/h11,13-14,18H,4-10H2,1-3H3,(H,17,19)(H,20,21). The molecule has 0 aromatic heterocycles. The molecule has 0 aromatic rings. The monoisotopic (exact) mass is 299 g/mol. The van der Waals surface area contributed by atoms with Crippen LogP contribution in [-0.2, 0) is 9.59 Å². The van der Waals surface area contributed by atoms with E-state index in [0.29, 0.717) is 19.3 Å². The zero-order valence-corrected chi connectivity index (χ0v) is 13.4. The number of aliphatic carboxylic acids is 1. The minimum atomic E-state index is -0.729. The van der Waals surface area contributed by atoms with Crippen LogP contribution in [0.1, 0.15) is 59.3 Å². The van der Waals surface area contributed by atoms with Gasteiger partial charge in [0.15, 0.2) is 0 Å². The highest BCUT2D eigenvalue weighted by Crippen LogP contribution is 2.45. The molecule has 3 atom stereocenters. The predicted octanol–water partition coefficient (Wildman–Crippen LogP) is 2.18. The van der Waals surface area contributed by atoms with Crippen molar-refractivity contribution < 1.29 is 19.8 Å². The molecule has 3 N–H and O–H groups in total. The first-order chi connectivity index (χ1) is 9.86. The van der Waals surface area contributed by atoms with Crippen LogP contribution in [0.5, 0.6) is 0 Å². The summed E-state index contributed by atoms with van der Waals surface area (Å²) in [4.78, 5) is 23.1. The quantitative estimate of drug-likeness (QED) is 0.641. The van der Waals surface area contributed by atoms with Crippen molar-refractivity contribution in [3.05, 3.63) is 0 Å². The molecule has 5 nitrogen and oxygen atoms in total. The fourth-order valence-corrected chi connectivity index (χ4v) is 3.75. The molecular formula is C16H29NO4. The highest BCUT2D eigenvalue weighted by Gasteiger charge is 2.45. The second kappa shape index (κ2) is 7.78. The van der Waals surface area contributed by atoms with Gasteiger partial charge in [-0.1, -0.05) is 26.2 Å². The number of carboxylic acid groups (broad SMARTS) is 1. The minimum absolute atomic E-state index is 0.0156. The molecule has 0 aromatic carbocycles. The predicted molar refractivity (Wildman–Crippen MR) is 80.8 cm³/mol. The molecule has 21 heavy (non-hydrogen) atoms. The summed E-state index contributed by atoms with van der Waals surface area (Å²) in [6.45, 7) is 5.40. The second-order valence-electron chi connectivity index (χ2n) is 6.50. The Labute approximate surface area is 127 Å². The van der Waals surface area contributed by atoms with Crippen LogP contribution in [0.4, 0.5) is 0 Å². The molecule has 1 saturated carbocycles. The van der Waals surface area contributed by atoms with Gasteiger partial charge in [0.25, 0.3) is 0 Å². The molecule has 1 amide bonds. The molecule has 0 radical (unpaired) electrons. The average molecular weight is 299 g/mol. The normalized spacial score (nSPS) is 21.5. The number of hydrogen-bond acceptors (Lipinski definition) is 3. The number of hydrogen-bond donors (Lipinski definition) is 3. The summed E-state index contributed by atoms with van der Waals surface area (Å²) in [5.74, 6) is -0.842. The maximum atomic E-state index is 11.8. The fourth-order valence-electron chi connectivity index (χ4n) is 3.75.